The van der Waals surface area contributed by atoms with Crippen LogP contribution in [-0.4, -0.2) is 36.3 Å². The molecule has 3 heterocycles. The molecule has 138 valence electrons. The number of hydrogen-bond acceptors (Lipinski definition) is 3. The van der Waals surface area contributed by atoms with Crippen molar-refractivity contribution in [2.24, 2.45) is 5.41 Å². The fraction of sp³-hybridized carbons (Fsp3) is 0.524. The summed E-state index contributed by atoms with van der Waals surface area (Å²) in [5, 5.41) is 3.95. The Morgan fingerprint density at radius 3 is 2.88 bits per heavy atom. The van der Waals surface area contributed by atoms with E-state index in [0.717, 1.165) is 29.5 Å². The van der Waals surface area contributed by atoms with E-state index in [-0.39, 0.29) is 17.2 Å². The summed E-state index contributed by atoms with van der Waals surface area (Å²) in [6.45, 7) is 8.57. The molecule has 2 aliphatic rings. The lowest BCUT2D eigenvalue weighted by Crippen LogP contribution is -2.34. The van der Waals surface area contributed by atoms with Gasteiger partial charge in [0.25, 0.3) is 0 Å². The lowest BCUT2D eigenvalue weighted by molar-refractivity contribution is -0.130. The number of carbonyl (C=O) groups is 2. The number of nitrogens with zero attached hydrogens (tertiary/aromatic N) is 1. The van der Waals surface area contributed by atoms with E-state index < -0.39 is 0 Å². The highest BCUT2D eigenvalue weighted by molar-refractivity contribution is 5.89. The minimum Gasteiger partial charge on any atom is -0.464 e. The van der Waals surface area contributed by atoms with Gasteiger partial charge in [-0.05, 0) is 42.5 Å². The van der Waals surface area contributed by atoms with Crippen molar-refractivity contribution in [3.63, 3.8) is 0 Å². The Morgan fingerprint density at radius 1 is 1.38 bits per heavy atom. The van der Waals surface area contributed by atoms with Gasteiger partial charge in [-0.2, -0.15) is 0 Å². The fourth-order valence-corrected chi connectivity index (χ4v) is 4.47. The van der Waals surface area contributed by atoms with Gasteiger partial charge in [-0.25, -0.2) is 0 Å². The monoisotopic (exact) mass is 354 g/mol. The van der Waals surface area contributed by atoms with Crippen LogP contribution in [0.2, 0.25) is 0 Å². The van der Waals surface area contributed by atoms with Crippen molar-refractivity contribution in [2.45, 2.75) is 46.0 Å². The zero-order valence-corrected chi connectivity index (χ0v) is 15.7. The van der Waals surface area contributed by atoms with Gasteiger partial charge in [-0.3, -0.25) is 9.59 Å². The first kappa shape index (κ1) is 17.1. The molecule has 5 heteroatoms. The molecule has 0 saturated carbocycles. The Kier molecular flexibility index (Phi) is 4.05. The number of carbonyl (C=O) groups excluding carboxylic acids is 2. The van der Waals surface area contributed by atoms with E-state index in [9.17, 15) is 9.59 Å². The van der Waals surface area contributed by atoms with Crippen molar-refractivity contribution in [3.05, 3.63) is 35.1 Å². The Bertz CT molecular complexity index is 883. The van der Waals surface area contributed by atoms with E-state index in [2.05, 4.69) is 38.2 Å². The fourth-order valence-electron chi connectivity index (χ4n) is 4.47. The molecule has 0 aliphatic carbocycles. The lowest BCUT2D eigenvalue weighted by Gasteiger charge is -2.21. The molecular weight excluding hydrogens is 328 g/mol. The van der Waals surface area contributed by atoms with Crippen molar-refractivity contribution in [1.82, 2.24) is 10.2 Å². The summed E-state index contributed by atoms with van der Waals surface area (Å²) in [6.07, 6.45) is 3.52. The largest absolute Gasteiger partial charge is 0.464 e. The summed E-state index contributed by atoms with van der Waals surface area (Å²) in [7, 11) is 0. The summed E-state index contributed by atoms with van der Waals surface area (Å²) in [6, 6.07) is 4.24. The standard InChI is InChI=1S/C21H26N2O3/c1-13(2)16-8-17-15(10-26-18(17)6-14(16)3)7-20(25)23-5-4-21(12-23)9-19(24)22-11-21/h6,8,10,13H,4-5,7,9,11-12H2,1-3H3,(H,22,24). The number of nitrogens with one attached hydrogen (secondary N) is 1. The van der Waals surface area contributed by atoms with Crippen molar-refractivity contribution >= 4 is 22.8 Å². The number of fused-ring (bicyclic) bond motifs is 1. The normalized spacial score (nSPS) is 22.8. The number of benzene rings is 1. The van der Waals surface area contributed by atoms with Crippen LogP contribution >= 0.6 is 0 Å². The molecule has 0 bridgehead atoms. The van der Waals surface area contributed by atoms with Crippen LogP contribution in [0.4, 0.5) is 0 Å². The molecular formula is C21H26N2O3. The van der Waals surface area contributed by atoms with Gasteiger partial charge in [0.15, 0.2) is 0 Å². The first-order valence-electron chi connectivity index (χ1n) is 9.42. The number of hydrogen-bond donors (Lipinski definition) is 1. The second-order valence-corrected chi connectivity index (χ2v) is 8.32. The maximum atomic E-state index is 12.8. The molecule has 1 unspecified atom stereocenters. The van der Waals surface area contributed by atoms with Crippen molar-refractivity contribution in [2.75, 3.05) is 19.6 Å². The van der Waals surface area contributed by atoms with Crippen LogP contribution in [0.5, 0.6) is 0 Å². The second-order valence-electron chi connectivity index (χ2n) is 8.32. The average molecular weight is 354 g/mol. The Morgan fingerprint density at radius 2 is 2.19 bits per heavy atom. The van der Waals surface area contributed by atoms with E-state index >= 15 is 0 Å². The van der Waals surface area contributed by atoms with Crippen molar-refractivity contribution < 1.29 is 14.0 Å². The van der Waals surface area contributed by atoms with Gasteiger partial charge in [0.05, 0.1) is 12.7 Å². The average Bonchev–Trinajstić information content (AvgIpc) is 3.27. The van der Waals surface area contributed by atoms with E-state index in [1.807, 2.05) is 4.90 Å². The van der Waals surface area contributed by atoms with Crippen LogP contribution < -0.4 is 5.32 Å². The zero-order valence-electron chi connectivity index (χ0n) is 15.7. The van der Waals surface area contributed by atoms with Gasteiger partial charge in [-0.1, -0.05) is 13.8 Å². The molecule has 2 aromatic rings. The highest BCUT2D eigenvalue weighted by atomic mass is 16.3. The van der Waals surface area contributed by atoms with Gasteiger partial charge >= 0.3 is 0 Å². The van der Waals surface area contributed by atoms with E-state index in [1.54, 1.807) is 6.26 Å². The number of amides is 2. The number of furan rings is 1. The van der Waals surface area contributed by atoms with Crippen LogP contribution in [0, 0.1) is 12.3 Å². The second kappa shape index (κ2) is 6.15. The molecule has 1 aromatic heterocycles. The highest BCUT2D eigenvalue weighted by Gasteiger charge is 2.45. The number of aryl methyl sites for hydroxylation is 1. The molecule has 2 aliphatic heterocycles. The molecule has 26 heavy (non-hydrogen) atoms. The topological polar surface area (TPSA) is 62.6 Å². The predicted octanol–water partition coefficient (Wildman–Crippen LogP) is 3.15. The van der Waals surface area contributed by atoms with Crippen molar-refractivity contribution in [1.29, 1.82) is 0 Å². The van der Waals surface area contributed by atoms with Crippen LogP contribution in [0.1, 0.15) is 49.3 Å². The van der Waals surface area contributed by atoms with Crippen LogP contribution in [-0.2, 0) is 16.0 Å². The molecule has 1 N–H and O–H groups in total. The molecule has 5 nitrogen and oxygen atoms in total. The molecule has 0 radical (unpaired) electrons. The van der Waals surface area contributed by atoms with Crippen LogP contribution in [0.3, 0.4) is 0 Å². The Hall–Kier alpha value is -2.30. The van der Waals surface area contributed by atoms with E-state index in [1.165, 1.54) is 11.1 Å². The molecule has 1 spiro atoms. The minimum absolute atomic E-state index is 0.0485. The van der Waals surface area contributed by atoms with E-state index in [4.69, 9.17) is 4.42 Å². The lowest BCUT2D eigenvalue weighted by atomic mass is 9.86. The summed E-state index contributed by atoms with van der Waals surface area (Å²) in [5.41, 5.74) is 4.27. The first-order valence-corrected chi connectivity index (χ1v) is 9.42. The van der Waals surface area contributed by atoms with Gasteiger partial charge in [-0.15, -0.1) is 0 Å². The third kappa shape index (κ3) is 2.89. The quantitative estimate of drug-likeness (QED) is 0.921. The number of rotatable bonds is 3. The van der Waals surface area contributed by atoms with Gasteiger partial charge in [0, 0.05) is 42.4 Å². The first-order chi connectivity index (χ1) is 12.4. The minimum atomic E-state index is -0.0485. The predicted molar refractivity (Wildman–Crippen MR) is 100 cm³/mol. The Balaban J connectivity index is 1.53. The van der Waals surface area contributed by atoms with Gasteiger partial charge in [0.1, 0.15) is 5.58 Å². The van der Waals surface area contributed by atoms with Crippen molar-refractivity contribution in [3.8, 4) is 0 Å². The van der Waals surface area contributed by atoms with Crippen LogP contribution in [0.15, 0.2) is 22.8 Å². The molecule has 4 rings (SSSR count). The Labute approximate surface area is 153 Å². The third-order valence-electron chi connectivity index (χ3n) is 5.99. The summed E-state index contributed by atoms with van der Waals surface area (Å²) >= 11 is 0. The molecule has 1 atom stereocenters. The molecule has 2 amide bonds. The summed E-state index contributed by atoms with van der Waals surface area (Å²) < 4.78 is 5.71. The molecule has 2 fully saturated rings. The van der Waals surface area contributed by atoms with Gasteiger partial charge < -0.3 is 14.6 Å². The third-order valence-corrected chi connectivity index (χ3v) is 5.99. The maximum absolute atomic E-state index is 12.8. The maximum Gasteiger partial charge on any atom is 0.227 e. The smallest absolute Gasteiger partial charge is 0.227 e. The highest BCUT2D eigenvalue weighted by Crippen LogP contribution is 2.37. The summed E-state index contributed by atoms with van der Waals surface area (Å²) in [4.78, 5) is 26.3. The SMILES string of the molecule is Cc1cc2occ(CC(=O)N3CCC4(CNC(=O)C4)C3)c2cc1C(C)C. The van der Waals surface area contributed by atoms with E-state index in [0.29, 0.717) is 31.8 Å². The van der Waals surface area contributed by atoms with Crippen LogP contribution in [0.25, 0.3) is 11.0 Å². The molecule has 1 aromatic carbocycles. The number of likely N-dealkylation sites (tertiary alicyclic amines) is 1. The van der Waals surface area contributed by atoms with Gasteiger partial charge in [0.2, 0.25) is 11.8 Å². The molecule has 2 saturated heterocycles. The zero-order chi connectivity index (χ0) is 18.5. The summed E-state index contributed by atoms with van der Waals surface area (Å²) in [5.74, 6) is 0.663.